The van der Waals surface area contributed by atoms with E-state index in [-0.39, 0.29) is 29.7 Å². The van der Waals surface area contributed by atoms with Crippen LogP contribution >= 0.6 is 15.9 Å². The average molecular weight is 354 g/mol. The summed E-state index contributed by atoms with van der Waals surface area (Å²) in [5, 5.41) is 0. The second-order valence-electron chi connectivity index (χ2n) is 4.85. The van der Waals surface area contributed by atoms with E-state index in [4.69, 9.17) is 9.15 Å². The summed E-state index contributed by atoms with van der Waals surface area (Å²) in [6.07, 6.45) is 1.92. The predicted molar refractivity (Wildman–Crippen MR) is 77.5 cm³/mol. The first kappa shape index (κ1) is 14.3. The van der Waals surface area contributed by atoms with E-state index in [1.54, 1.807) is 19.1 Å². The number of aromatic nitrogens is 1. The smallest absolute Gasteiger partial charge is 0.376 e. The zero-order chi connectivity index (χ0) is 15.0. The van der Waals surface area contributed by atoms with Crippen LogP contribution in [0.3, 0.4) is 0 Å². The standard InChI is InChI=1S/C15H13BrFNO3/c1-2-20-15(19)13-12(8-3-4-8)18-14(21-13)10-6-5-9(16)7-11(10)17/h5-8H,2-4H2,1H3. The van der Waals surface area contributed by atoms with Crippen molar-refractivity contribution >= 4 is 21.9 Å². The molecule has 21 heavy (non-hydrogen) atoms. The van der Waals surface area contributed by atoms with Crippen molar-refractivity contribution in [3.8, 4) is 11.5 Å². The molecule has 6 heteroatoms. The van der Waals surface area contributed by atoms with Gasteiger partial charge < -0.3 is 9.15 Å². The third-order valence-electron chi connectivity index (χ3n) is 3.24. The molecule has 1 heterocycles. The van der Waals surface area contributed by atoms with Crippen molar-refractivity contribution in [2.45, 2.75) is 25.7 Å². The highest BCUT2D eigenvalue weighted by molar-refractivity contribution is 9.10. The molecule has 0 bridgehead atoms. The topological polar surface area (TPSA) is 52.3 Å². The Labute approximate surface area is 129 Å². The van der Waals surface area contributed by atoms with Crippen LogP contribution in [0.15, 0.2) is 27.1 Å². The second kappa shape index (κ2) is 5.60. The molecule has 2 aromatic rings. The van der Waals surface area contributed by atoms with Gasteiger partial charge in [-0.05, 0) is 38.0 Å². The molecule has 3 rings (SSSR count). The minimum atomic E-state index is -0.546. The molecule has 0 saturated heterocycles. The minimum absolute atomic E-state index is 0.0941. The Morgan fingerprint density at radius 2 is 2.29 bits per heavy atom. The number of nitrogens with zero attached hydrogens (tertiary/aromatic N) is 1. The van der Waals surface area contributed by atoms with Crippen LogP contribution < -0.4 is 0 Å². The Kier molecular flexibility index (Phi) is 3.80. The molecule has 1 aliphatic carbocycles. The van der Waals surface area contributed by atoms with Gasteiger partial charge in [0.05, 0.1) is 17.9 Å². The number of hydrogen-bond acceptors (Lipinski definition) is 4. The zero-order valence-electron chi connectivity index (χ0n) is 11.4. The van der Waals surface area contributed by atoms with Gasteiger partial charge >= 0.3 is 5.97 Å². The van der Waals surface area contributed by atoms with Crippen molar-refractivity contribution < 1.29 is 18.3 Å². The average Bonchev–Trinajstić information content (AvgIpc) is 3.19. The number of hydrogen-bond donors (Lipinski definition) is 0. The van der Waals surface area contributed by atoms with Crippen LogP contribution in [-0.4, -0.2) is 17.6 Å². The highest BCUT2D eigenvalue weighted by atomic mass is 79.9. The maximum Gasteiger partial charge on any atom is 0.376 e. The van der Waals surface area contributed by atoms with Gasteiger partial charge in [0.15, 0.2) is 0 Å². The zero-order valence-corrected chi connectivity index (χ0v) is 12.9. The summed E-state index contributed by atoms with van der Waals surface area (Å²) in [7, 11) is 0. The van der Waals surface area contributed by atoms with Crippen molar-refractivity contribution in [2.24, 2.45) is 0 Å². The molecule has 0 unspecified atom stereocenters. The molecule has 0 atom stereocenters. The molecule has 0 radical (unpaired) electrons. The number of carbonyl (C=O) groups is 1. The Morgan fingerprint density at radius 3 is 2.90 bits per heavy atom. The van der Waals surface area contributed by atoms with Gasteiger partial charge in [0.25, 0.3) is 0 Å². The Bertz CT molecular complexity index is 694. The largest absolute Gasteiger partial charge is 0.460 e. The lowest BCUT2D eigenvalue weighted by molar-refractivity contribution is 0.0489. The summed E-state index contributed by atoms with van der Waals surface area (Å²) in [6.45, 7) is 1.98. The van der Waals surface area contributed by atoms with E-state index in [9.17, 15) is 9.18 Å². The lowest BCUT2D eigenvalue weighted by atomic mass is 10.2. The van der Waals surface area contributed by atoms with E-state index in [0.29, 0.717) is 10.2 Å². The maximum atomic E-state index is 14.0. The fourth-order valence-electron chi connectivity index (χ4n) is 2.09. The summed E-state index contributed by atoms with van der Waals surface area (Å²) >= 11 is 3.20. The van der Waals surface area contributed by atoms with Crippen LogP contribution in [0.2, 0.25) is 0 Å². The minimum Gasteiger partial charge on any atom is -0.460 e. The van der Waals surface area contributed by atoms with Crippen molar-refractivity contribution in [3.05, 3.63) is 39.9 Å². The predicted octanol–water partition coefficient (Wildman–Crippen LogP) is 4.30. The Balaban J connectivity index is 2.03. The molecular weight excluding hydrogens is 341 g/mol. The van der Waals surface area contributed by atoms with Gasteiger partial charge in [-0.2, -0.15) is 0 Å². The Hall–Kier alpha value is -1.69. The van der Waals surface area contributed by atoms with E-state index in [0.717, 1.165) is 12.8 Å². The van der Waals surface area contributed by atoms with Crippen LogP contribution in [0, 0.1) is 5.82 Å². The summed E-state index contributed by atoms with van der Waals surface area (Å²) in [4.78, 5) is 16.2. The second-order valence-corrected chi connectivity index (χ2v) is 5.77. The highest BCUT2D eigenvalue weighted by Gasteiger charge is 2.34. The van der Waals surface area contributed by atoms with Crippen molar-refractivity contribution in [1.82, 2.24) is 4.98 Å². The lowest BCUT2D eigenvalue weighted by Crippen LogP contribution is -2.05. The van der Waals surface area contributed by atoms with Crippen molar-refractivity contribution in [2.75, 3.05) is 6.61 Å². The number of halogens is 2. The molecule has 1 aliphatic rings. The number of ether oxygens (including phenoxy) is 1. The van der Waals surface area contributed by atoms with E-state index in [1.165, 1.54) is 6.07 Å². The number of carbonyl (C=O) groups excluding carboxylic acids is 1. The summed E-state index contributed by atoms with van der Waals surface area (Å²) < 4.78 is 25.1. The van der Waals surface area contributed by atoms with Crippen LogP contribution in [-0.2, 0) is 4.74 Å². The molecule has 0 amide bonds. The molecular formula is C15H13BrFNO3. The quantitative estimate of drug-likeness (QED) is 0.769. The molecule has 4 nitrogen and oxygen atoms in total. The SMILES string of the molecule is CCOC(=O)c1oc(-c2ccc(Br)cc2F)nc1C1CC1. The molecule has 1 saturated carbocycles. The summed E-state index contributed by atoms with van der Waals surface area (Å²) in [5.74, 6) is -0.582. The van der Waals surface area contributed by atoms with E-state index in [1.807, 2.05) is 0 Å². The first-order valence-electron chi connectivity index (χ1n) is 6.73. The third kappa shape index (κ3) is 2.85. The van der Waals surface area contributed by atoms with Crippen LogP contribution in [0.5, 0.6) is 0 Å². The highest BCUT2D eigenvalue weighted by Crippen LogP contribution is 2.42. The van der Waals surface area contributed by atoms with Crippen molar-refractivity contribution in [3.63, 3.8) is 0 Å². The van der Waals surface area contributed by atoms with Crippen LogP contribution in [0.25, 0.3) is 11.5 Å². The van der Waals surface area contributed by atoms with Crippen LogP contribution in [0.4, 0.5) is 4.39 Å². The lowest BCUT2D eigenvalue weighted by Gasteiger charge is -1.99. The number of rotatable bonds is 4. The first-order chi connectivity index (χ1) is 10.1. The fraction of sp³-hybridized carbons (Fsp3) is 0.333. The van der Waals surface area contributed by atoms with E-state index in [2.05, 4.69) is 20.9 Å². The van der Waals surface area contributed by atoms with Crippen molar-refractivity contribution in [1.29, 1.82) is 0 Å². The molecule has 1 fully saturated rings. The molecule has 1 aromatic carbocycles. The normalized spacial score (nSPS) is 14.2. The van der Waals surface area contributed by atoms with Gasteiger partial charge in [-0.1, -0.05) is 15.9 Å². The van der Waals surface area contributed by atoms with Gasteiger partial charge in [0.1, 0.15) is 5.82 Å². The van der Waals surface area contributed by atoms with Gasteiger partial charge in [-0.25, -0.2) is 14.2 Å². The maximum absolute atomic E-state index is 14.0. The van der Waals surface area contributed by atoms with Gasteiger partial charge in [0, 0.05) is 10.4 Å². The van der Waals surface area contributed by atoms with E-state index >= 15 is 0 Å². The van der Waals surface area contributed by atoms with E-state index < -0.39 is 11.8 Å². The molecule has 0 spiro atoms. The molecule has 0 N–H and O–H groups in total. The summed E-state index contributed by atoms with van der Waals surface area (Å²) in [6, 6.07) is 4.60. The van der Waals surface area contributed by atoms with Crippen LogP contribution in [0.1, 0.15) is 41.9 Å². The molecule has 1 aromatic heterocycles. The summed E-state index contributed by atoms with van der Waals surface area (Å²) in [5.41, 5.74) is 0.807. The first-order valence-corrected chi connectivity index (χ1v) is 7.52. The third-order valence-corrected chi connectivity index (χ3v) is 3.73. The molecule has 0 aliphatic heterocycles. The number of oxazole rings is 1. The molecule has 110 valence electrons. The number of benzene rings is 1. The number of esters is 1. The fourth-order valence-corrected chi connectivity index (χ4v) is 2.42. The van der Waals surface area contributed by atoms with Gasteiger partial charge in [-0.15, -0.1) is 0 Å². The van der Waals surface area contributed by atoms with Gasteiger partial charge in [-0.3, -0.25) is 0 Å². The monoisotopic (exact) mass is 353 g/mol. The van der Waals surface area contributed by atoms with Gasteiger partial charge in [0.2, 0.25) is 11.7 Å². The Morgan fingerprint density at radius 1 is 1.52 bits per heavy atom.